The van der Waals surface area contributed by atoms with E-state index in [1.807, 2.05) is 4.90 Å². The highest BCUT2D eigenvalue weighted by Crippen LogP contribution is 2.16. The van der Waals surface area contributed by atoms with Gasteiger partial charge in [0.2, 0.25) is 0 Å². The van der Waals surface area contributed by atoms with Gasteiger partial charge in [0.15, 0.2) is 0 Å². The highest BCUT2D eigenvalue weighted by Gasteiger charge is 2.18. The van der Waals surface area contributed by atoms with Gasteiger partial charge in [0, 0.05) is 38.0 Å². The summed E-state index contributed by atoms with van der Waals surface area (Å²) in [6, 6.07) is 3.87. The Morgan fingerprint density at radius 2 is 1.69 bits per heavy atom. The number of benzene rings is 1. The second-order valence-corrected chi connectivity index (χ2v) is 4.02. The minimum Gasteiger partial charge on any atom is -0.300 e. The van der Waals surface area contributed by atoms with Crippen LogP contribution >= 0.6 is 0 Å². The Labute approximate surface area is 92.9 Å². The van der Waals surface area contributed by atoms with Crippen LogP contribution in [0.4, 0.5) is 8.78 Å². The third kappa shape index (κ3) is 2.44. The van der Waals surface area contributed by atoms with Gasteiger partial charge in [-0.2, -0.15) is 0 Å². The van der Waals surface area contributed by atoms with Gasteiger partial charge in [0.25, 0.3) is 0 Å². The molecule has 1 aromatic carbocycles. The Morgan fingerprint density at radius 3 is 2.25 bits per heavy atom. The lowest BCUT2D eigenvalue weighted by Crippen LogP contribution is -2.33. The first kappa shape index (κ1) is 11.2. The molecule has 0 saturated carbocycles. The Balaban J connectivity index is 2.06. The maximum atomic E-state index is 13.3. The van der Waals surface area contributed by atoms with Crippen molar-refractivity contribution in [3.8, 4) is 0 Å². The minimum atomic E-state index is -0.517. The largest absolute Gasteiger partial charge is 0.300 e. The van der Waals surface area contributed by atoms with E-state index in [1.54, 1.807) is 0 Å². The molecule has 4 heteroatoms. The van der Waals surface area contributed by atoms with Crippen LogP contribution in [0.5, 0.6) is 0 Å². The van der Waals surface area contributed by atoms with E-state index in [0.29, 0.717) is 25.9 Å². The predicted molar refractivity (Wildman–Crippen MR) is 55.9 cm³/mol. The number of halogens is 2. The maximum absolute atomic E-state index is 13.3. The molecular formula is C12H13F2NO. The van der Waals surface area contributed by atoms with E-state index in [9.17, 15) is 13.6 Å². The number of nitrogens with zero attached hydrogens (tertiary/aromatic N) is 1. The van der Waals surface area contributed by atoms with Crippen molar-refractivity contribution in [1.29, 1.82) is 0 Å². The van der Waals surface area contributed by atoms with Crippen molar-refractivity contribution in [2.24, 2.45) is 0 Å². The molecule has 1 aliphatic heterocycles. The van der Waals surface area contributed by atoms with Crippen LogP contribution in [-0.4, -0.2) is 23.8 Å². The summed E-state index contributed by atoms with van der Waals surface area (Å²) in [5, 5.41) is 0. The quantitative estimate of drug-likeness (QED) is 0.768. The average Bonchev–Trinajstić information content (AvgIpc) is 2.26. The molecule has 1 heterocycles. The third-order valence-corrected chi connectivity index (χ3v) is 2.86. The van der Waals surface area contributed by atoms with Crippen LogP contribution in [-0.2, 0) is 11.3 Å². The first-order valence-electron chi connectivity index (χ1n) is 5.34. The zero-order chi connectivity index (χ0) is 11.5. The van der Waals surface area contributed by atoms with Gasteiger partial charge in [-0.1, -0.05) is 6.07 Å². The molecule has 0 amide bonds. The molecule has 2 rings (SSSR count). The molecular weight excluding hydrogens is 212 g/mol. The molecule has 0 bridgehead atoms. The van der Waals surface area contributed by atoms with Crippen molar-refractivity contribution in [2.75, 3.05) is 13.1 Å². The number of rotatable bonds is 2. The Kier molecular flexibility index (Phi) is 3.29. The normalized spacial score (nSPS) is 17.8. The molecule has 0 radical (unpaired) electrons. The summed E-state index contributed by atoms with van der Waals surface area (Å²) in [5.41, 5.74) is 0.0943. The van der Waals surface area contributed by atoms with E-state index in [1.165, 1.54) is 18.2 Å². The van der Waals surface area contributed by atoms with E-state index < -0.39 is 11.6 Å². The number of carbonyl (C=O) groups excluding carboxylic acids is 1. The van der Waals surface area contributed by atoms with Gasteiger partial charge in [-0.05, 0) is 12.1 Å². The molecule has 86 valence electrons. The van der Waals surface area contributed by atoms with Gasteiger partial charge in [-0.3, -0.25) is 9.69 Å². The third-order valence-electron chi connectivity index (χ3n) is 2.86. The molecule has 0 unspecified atom stereocenters. The van der Waals surface area contributed by atoms with E-state index in [0.717, 1.165) is 0 Å². The standard InChI is InChI=1S/C12H13F2NO/c13-11-2-1-3-12(14)10(11)8-15-6-4-9(16)5-7-15/h1-3H,4-8H2. The zero-order valence-electron chi connectivity index (χ0n) is 8.88. The Hall–Kier alpha value is -1.29. The van der Waals surface area contributed by atoms with Gasteiger partial charge in [0.1, 0.15) is 17.4 Å². The fourth-order valence-electron chi connectivity index (χ4n) is 1.87. The van der Waals surface area contributed by atoms with Crippen molar-refractivity contribution >= 4 is 5.78 Å². The van der Waals surface area contributed by atoms with Gasteiger partial charge in [-0.25, -0.2) is 8.78 Å². The van der Waals surface area contributed by atoms with E-state index in [2.05, 4.69) is 0 Å². The highest BCUT2D eigenvalue weighted by atomic mass is 19.1. The lowest BCUT2D eigenvalue weighted by atomic mass is 10.1. The van der Waals surface area contributed by atoms with Crippen LogP contribution in [0.3, 0.4) is 0 Å². The summed E-state index contributed by atoms with van der Waals surface area (Å²) in [5.74, 6) is -0.806. The molecule has 2 nitrogen and oxygen atoms in total. The SMILES string of the molecule is O=C1CCN(Cc2c(F)cccc2F)CC1. The second kappa shape index (κ2) is 4.70. The Bertz CT molecular complexity index is 376. The van der Waals surface area contributed by atoms with Crippen LogP contribution in [0, 0.1) is 11.6 Å². The lowest BCUT2D eigenvalue weighted by Gasteiger charge is -2.25. The fourth-order valence-corrected chi connectivity index (χ4v) is 1.87. The van der Waals surface area contributed by atoms with Gasteiger partial charge < -0.3 is 0 Å². The molecule has 0 atom stereocenters. The first-order chi connectivity index (χ1) is 7.66. The average molecular weight is 225 g/mol. The number of piperidine rings is 1. The molecule has 1 aliphatic rings. The van der Waals surface area contributed by atoms with E-state index in [4.69, 9.17) is 0 Å². The second-order valence-electron chi connectivity index (χ2n) is 4.02. The molecule has 1 aromatic rings. The topological polar surface area (TPSA) is 20.3 Å². The van der Waals surface area contributed by atoms with Crippen molar-refractivity contribution in [3.63, 3.8) is 0 Å². The number of likely N-dealkylation sites (tertiary alicyclic amines) is 1. The molecule has 0 aromatic heterocycles. The van der Waals surface area contributed by atoms with Crippen molar-refractivity contribution in [1.82, 2.24) is 4.90 Å². The van der Waals surface area contributed by atoms with Gasteiger partial charge >= 0.3 is 0 Å². The van der Waals surface area contributed by atoms with Crippen molar-refractivity contribution in [3.05, 3.63) is 35.4 Å². The fraction of sp³-hybridized carbons (Fsp3) is 0.417. The summed E-state index contributed by atoms with van der Waals surface area (Å²) in [4.78, 5) is 12.9. The highest BCUT2D eigenvalue weighted by molar-refractivity contribution is 5.79. The Morgan fingerprint density at radius 1 is 1.12 bits per heavy atom. The number of Topliss-reactive ketones (excluding diaryl/α,β-unsaturated/α-hetero) is 1. The molecule has 16 heavy (non-hydrogen) atoms. The van der Waals surface area contributed by atoms with Gasteiger partial charge in [-0.15, -0.1) is 0 Å². The molecule has 1 saturated heterocycles. The monoisotopic (exact) mass is 225 g/mol. The first-order valence-corrected chi connectivity index (χ1v) is 5.34. The van der Waals surface area contributed by atoms with Crippen molar-refractivity contribution in [2.45, 2.75) is 19.4 Å². The van der Waals surface area contributed by atoms with Crippen LogP contribution < -0.4 is 0 Å². The molecule has 1 fully saturated rings. The lowest BCUT2D eigenvalue weighted by molar-refractivity contribution is -0.121. The summed E-state index contributed by atoms with van der Waals surface area (Å²) >= 11 is 0. The summed E-state index contributed by atoms with van der Waals surface area (Å²) in [6.45, 7) is 1.42. The maximum Gasteiger partial charge on any atom is 0.135 e. The van der Waals surface area contributed by atoms with Crippen molar-refractivity contribution < 1.29 is 13.6 Å². The van der Waals surface area contributed by atoms with E-state index in [-0.39, 0.29) is 17.9 Å². The molecule has 0 aliphatic carbocycles. The van der Waals surface area contributed by atoms with Crippen LogP contribution in [0.2, 0.25) is 0 Å². The van der Waals surface area contributed by atoms with E-state index >= 15 is 0 Å². The number of hydrogen-bond acceptors (Lipinski definition) is 2. The summed E-state index contributed by atoms with van der Waals surface area (Å²) in [6.07, 6.45) is 0.964. The van der Waals surface area contributed by atoms with Crippen LogP contribution in [0.25, 0.3) is 0 Å². The minimum absolute atomic E-state index is 0.0943. The van der Waals surface area contributed by atoms with Gasteiger partial charge in [0.05, 0.1) is 0 Å². The summed E-state index contributed by atoms with van der Waals surface area (Å²) < 4.78 is 26.7. The zero-order valence-corrected chi connectivity index (χ0v) is 8.88. The smallest absolute Gasteiger partial charge is 0.135 e. The molecule has 0 N–H and O–H groups in total. The number of ketones is 1. The predicted octanol–water partition coefficient (Wildman–Crippen LogP) is 2.13. The van der Waals surface area contributed by atoms with Crippen LogP contribution in [0.15, 0.2) is 18.2 Å². The van der Waals surface area contributed by atoms with Crippen LogP contribution in [0.1, 0.15) is 18.4 Å². The number of hydrogen-bond donors (Lipinski definition) is 0. The number of carbonyl (C=O) groups is 1. The molecule has 0 spiro atoms. The summed E-state index contributed by atoms with van der Waals surface area (Å²) in [7, 11) is 0.